The van der Waals surface area contributed by atoms with Gasteiger partial charge in [-0.05, 0) is 30.8 Å². The van der Waals surface area contributed by atoms with Crippen LogP contribution >= 0.6 is 0 Å². The van der Waals surface area contributed by atoms with Crippen LogP contribution in [0.5, 0.6) is 0 Å². The Labute approximate surface area is 96.0 Å². The van der Waals surface area contributed by atoms with Crippen molar-refractivity contribution in [1.29, 1.82) is 0 Å². The van der Waals surface area contributed by atoms with Crippen LogP contribution in [-0.2, 0) is 0 Å². The van der Waals surface area contributed by atoms with E-state index in [1.165, 1.54) is 19.3 Å². The molecule has 1 aromatic heterocycles. The molecule has 1 aliphatic rings. The third kappa shape index (κ3) is 2.52. The molecule has 2 heterocycles. The fourth-order valence-corrected chi connectivity index (χ4v) is 2.03. The average Bonchev–Trinajstić information content (AvgIpc) is 2.80. The summed E-state index contributed by atoms with van der Waals surface area (Å²) in [6.07, 6.45) is 5.65. The van der Waals surface area contributed by atoms with Crippen LogP contribution in [0.25, 0.3) is 0 Å². The topological polar surface area (TPSA) is 68.2 Å². The van der Waals surface area contributed by atoms with E-state index in [4.69, 9.17) is 10.3 Å². The third-order valence-corrected chi connectivity index (χ3v) is 2.99. The SMILES string of the molecule is CCC[C@@H](N)c1nc(N2CCCCC2)no1. The molecule has 1 fully saturated rings. The molecule has 0 spiro atoms. The van der Waals surface area contributed by atoms with E-state index in [9.17, 15) is 0 Å². The average molecular weight is 224 g/mol. The maximum atomic E-state index is 5.93. The maximum Gasteiger partial charge on any atom is 0.266 e. The van der Waals surface area contributed by atoms with Crippen molar-refractivity contribution in [1.82, 2.24) is 10.1 Å². The normalized spacial score (nSPS) is 18.8. The van der Waals surface area contributed by atoms with E-state index >= 15 is 0 Å². The van der Waals surface area contributed by atoms with E-state index in [2.05, 4.69) is 22.0 Å². The second-order valence-corrected chi connectivity index (χ2v) is 4.38. The molecule has 0 saturated carbocycles. The van der Waals surface area contributed by atoms with Crippen LogP contribution in [0.4, 0.5) is 5.95 Å². The maximum absolute atomic E-state index is 5.93. The Morgan fingerprint density at radius 3 is 2.81 bits per heavy atom. The van der Waals surface area contributed by atoms with E-state index in [1.807, 2.05) is 0 Å². The summed E-state index contributed by atoms with van der Waals surface area (Å²) in [4.78, 5) is 6.55. The molecule has 2 N–H and O–H groups in total. The molecule has 0 bridgehead atoms. The molecule has 5 heteroatoms. The molecule has 5 nitrogen and oxygen atoms in total. The second-order valence-electron chi connectivity index (χ2n) is 4.38. The molecule has 1 aliphatic heterocycles. The van der Waals surface area contributed by atoms with Gasteiger partial charge in [-0.3, -0.25) is 0 Å². The lowest BCUT2D eigenvalue weighted by atomic mass is 10.1. The van der Waals surface area contributed by atoms with Crippen LogP contribution in [0, 0.1) is 0 Å². The fraction of sp³-hybridized carbons (Fsp3) is 0.818. The minimum Gasteiger partial charge on any atom is -0.338 e. The molecule has 0 aromatic carbocycles. The lowest BCUT2D eigenvalue weighted by molar-refractivity contribution is 0.346. The first-order chi connectivity index (χ1) is 7.81. The van der Waals surface area contributed by atoms with E-state index in [-0.39, 0.29) is 6.04 Å². The Bertz CT molecular complexity index is 320. The van der Waals surface area contributed by atoms with Gasteiger partial charge in [-0.15, -0.1) is 0 Å². The quantitative estimate of drug-likeness (QED) is 0.845. The minimum absolute atomic E-state index is 0.115. The predicted octanol–water partition coefficient (Wildman–Crippen LogP) is 1.86. The number of aromatic nitrogens is 2. The molecule has 1 atom stereocenters. The summed E-state index contributed by atoms with van der Waals surface area (Å²) >= 11 is 0. The molecule has 1 aromatic rings. The van der Waals surface area contributed by atoms with Crippen LogP contribution in [0.1, 0.15) is 51.0 Å². The van der Waals surface area contributed by atoms with Crippen LogP contribution in [0.15, 0.2) is 4.52 Å². The number of piperidine rings is 1. The van der Waals surface area contributed by atoms with Gasteiger partial charge in [-0.2, -0.15) is 4.98 Å². The van der Waals surface area contributed by atoms with Crippen LogP contribution in [0.2, 0.25) is 0 Å². The summed E-state index contributed by atoms with van der Waals surface area (Å²) in [7, 11) is 0. The molecule has 0 radical (unpaired) electrons. The van der Waals surface area contributed by atoms with E-state index in [0.29, 0.717) is 11.8 Å². The first-order valence-corrected chi connectivity index (χ1v) is 6.15. The molecular weight excluding hydrogens is 204 g/mol. The monoisotopic (exact) mass is 224 g/mol. The molecule has 2 rings (SSSR count). The van der Waals surface area contributed by atoms with Crippen molar-refractivity contribution >= 4 is 5.95 Å². The van der Waals surface area contributed by atoms with Crippen molar-refractivity contribution in [2.75, 3.05) is 18.0 Å². The third-order valence-electron chi connectivity index (χ3n) is 2.99. The minimum atomic E-state index is -0.115. The Kier molecular flexibility index (Phi) is 3.77. The molecule has 16 heavy (non-hydrogen) atoms. The number of anilines is 1. The summed E-state index contributed by atoms with van der Waals surface area (Å²) in [5.41, 5.74) is 5.93. The van der Waals surface area contributed by atoms with Crippen molar-refractivity contribution in [3.63, 3.8) is 0 Å². The van der Waals surface area contributed by atoms with Crippen molar-refractivity contribution < 1.29 is 4.52 Å². The first kappa shape index (κ1) is 11.4. The van der Waals surface area contributed by atoms with Crippen LogP contribution in [0.3, 0.4) is 0 Å². The summed E-state index contributed by atoms with van der Waals surface area (Å²) in [5, 5.41) is 4.00. The number of rotatable bonds is 4. The Balaban J connectivity index is 2.00. The molecule has 0 aliphatic carbocycles. The Morgan fingerprint density at radius 2 is 2.12 bits per heavy atom. The van der Waals surface area contributed by atoms with Crippen molar-refractivity contribution in [2.45, 2.75) is 45.1 Å². The standard InChI is InChI=1S/C11H20N4O/c1-2-6-9(12)10-13-11(14-16-10)15-7-4-3-5-8-15/h9H,2-8,12H2,1H3/t9-/m1/s1. The smallest absolute Gasteiger partial charge is 0.266 e. The van der Waals surface area contributed by atoms with Gasteiger partial charge in [0.15, 0.2) is 0 Å². The van der Waals surface area contributed by atoms with Gasteiger partial charge in [0.2, 0.25) is 5.89 Å². The highest BCUT2D eigenvalue weighted by Gasteiger charge is 2.19. The number of nitrogens with two attached hydrogens (primary N) is 1. The van der Waals surface area contributed by atoms with Gasteiger partial charge in [-0.1, -0.05) is 13.3 Å². The van der Waals surface area contributed by atoms with Crippen molar-refractivity contribution in [2.24, 2.45) is 5.73 Å². The second kappa shape index (κ2) is 5.30. The van der Waals surface area contributed by atoms with Gasteiger partial charge in [-0.25, -0.2) is 0 Å². The van der Waals surface area contributed by atoms with E-state index < -0.39 is 0 Å². The highest BCUT2D eigenvalue weighted by Crippen LogP contribution is 2.19. The predicted molar refractivity (Wildman–Crippen MR) is 62.2 cm³/mol. The lowest BCUT2D eigenvalue weighted by Crippen LogP contribution is -2.30. The summed E-state index contributed by atoms with van der Waals surface area (Å²) < 4.78 is 5.20. The Hall–Kier alpha value is -1.10. The summed E-state index contributed by atoms with van der Waals surface area (Å²) in [6.45, 7) is 4.16. The zero-order valence-corrected chi connectivity index (χ0v) is 9.85. The summed E-state index contributed by atoms with van der Waals surface area (Å²) in [5.74, 6) is 1.28. The van der Waals surface area contributed by atoms with E-state index in [0.717, 1.165) is 25.9 Å². The molecule has 1 saturated heterocycles. The fourth-order valence-electron chi connectivity index (χ4n) is 2.03. The zero-order chi connectivity index (χ0) is 11.4. The van der Waals surface area contributed by atoms with Crippen molar-refractivity contribution in [3.8, 4) is 0 Å². The number of hydrogen-bond donors (Lipinski definition) is 1. The van der Waals surface area contributed by atoms with Crippen LogP contribution < -0.4 is 10.6 Å². The highest BCUT2D eigenvalue weighted by molar-refractivity contribution is 5.28. The molecule has 0 unspecified atom stereocenters. The lowest BCUT2D eigenvalue weighted by Gasteiger charge is -2.24. The van der Waals surface area contributed by atoms with Gasteiger partial charge < -0.3 is 15.2 Å². The van der Waals surface area contributed by atoms with E-state index in [1.54, 1.807) is 0 Å². The number of nitrogens with zero attached hydrogens (tertiary/aromatic N) is 3. The largest absolute Gasteiger partial charge is 0.338 e. The zero-order valence-electron chi connectivity index (χ0n) is 9.85. The van der Waals surface area contributed by atoms with Gasteiger partial charge in [0.1, 0.15) is 0 Å². The molecule has 0 amide bonds. The van der Waals surface area contributed by atoms with Gasteiger partial charge >= 0.3 is 0 Å². The molecular formula is C11H20N4O. The first-order valence-electron chi connectivity index (χ1n) is 6.15. The highest BCUT2D eigenvalue weighted by atomic mass is 16.5. The van der Waals surface area contributed by atoms with Gasteiger partial charge in [0.05, 0.1) is 6.04 Å². The number of hydrogen-bond acceptors (Lipinski definition) is 5. The van der Waals surface area contributed by atoms with Gasteiger partial charge in [0.25, 0.3) is 5.95 Å². The van der Waals surface area contributed by atoms with Gasteiger partial charge in [0, 0.05) is 13.1 Å². The molecule has 90 valence electrons. The van der Waals surface area contributed by atoms with Crippen LogP contribution in [-0.4, -0.2) is 23.2 Å². The van der Waals surface area contributed by atoms with Crippen molar-refractivity contribution in [3.05, 3.63) is 5.89 Å². The Morgan fingerprint density at radius 1 is 1.38 bits per heavy atom. The summed E-state index contributed by atoms with van der Waals surface area (Å²) in [6, 6.07) is -0.115.